The van der Waals surface area contributed by atoms with Crippen molar-refractivity contribution in [2.75, 3.05) is 19.5 Å². The van der Waals surface area contributed by atoms with Crippen LogP contribution in [0.25, 0.3) is 16.9 Å². The van der Waals surface area contributed by atoms with Crippen LogP contribution < -0.4 is 19.9 Å². The number of sulfonamides is 1. The Hall–Kier alpha value is -4.17. The number of methoxy groups -OCH3 is 2. The molecule has 0 saturated carbocycles. The summed E-state index contributed by atoms with van der Waals surface area (Å²) in [5.74, 6) is -0.158. The zero-order chi connectivity index (χ0) is 26.3. The maximum atomic E-state index is 13.9. The molecular formula is C22H18F3N5O5S. The van der Waals surface area contributed by atoms with Gasteiger partial charge in [-0.1, -0.05) is 0 Å². The highest BCUT2D eigenvalue weighted by atomic mass is 32.2. The third kappa shape index (κ3) is 4.81. The molecular weight excluding hydrogens is 503 g/mol. The van der Waals surface area contributed by atoms with E-state index in [9.17, 15) is 26.4 Å². The molecule has 0 atom stereocenters. The Labute approximate surface area is 202 Å². The Morgan fingerprint density at radius 3 is 2.28 bits per heavy atom. The van der Waals surface area contributed by atoms with Gasteiger partial charge in [-0.25, -0.2) is 23.1 Å². The largest absolute Gasteiger partial charge is 0.493 e. The van der Waals surface area contributed by atoms with Crippen molar-refractivity contribution >= 4 is 27.3 Å². The second-order valence-corrected chi connectivity index (χ2v) is 8.97. The molecule has 1 amide bonds. The Kier molecular flexibility index (Phi) is 6.32. The van der Waals surface area contributed by atoms with E-state index >= 15 is 0 Å². The van der Waals surface area contributed by atoms with Crippen LogP contribution in [0.5, 0.6) is 11.5 Å². The molecule has 2 heterocycles. The molecule has 4 rings (SSSR count). The second kappa shape index (κ2) is 9.13. The Morgan fingerprint density at radius 2 is 1.69 bits per heavy atom. The van der Waals surface area contributed by atoms with Crippen LogP contribution in [0.1, 0.15) is 16.1 Å². The molecule has 0 spiro atoms. The molecule has 0 bridgehead atoms. The van der Waals surface area contributed by atoms with Crippen molar-refractivity contribution in [2.24, 2.45) is 5.14 Å². The number of aromatic nitrogens is 3. The van der Waals surface area contributed by atoms with E-state index in [-0.39, 0.29) is 38.8 Å². The van der Waals surface area contributed by atoms with Gasteiger partial charge in [-0.15, -0.1) is 0 Å². The number of amides is 1. The maximum absolute atomic E-state index is 13.9. The molecule has 14 heteroatoms. The van der Waals surface area contributed by atoms with E-state index in [4.69, 9.17) is 14.6 Å². The van der Waals surface area contributed by atoms with Crippen molar-refractivity contribution in [3.05, 3.63) is 66.0 Å². The van der Waals surface area contributed by atoms with E-state index in [1.54, 1.807) is 0 Å². The van der Waals surface area contributed by atoms with Gasteiger partial charge in [0.2, 0.25) is 10.0 Å². The fourth-order valence-corrected chi connectivity index (χ4v) is 3.91. The number of rotatable bonds is 6. The smallest absolute Gasteiger partial charge is 0.433 e. The average molecular weight is 521 g/mol. The maximum Gasteiger partial charge on any atom is 0.433 e. The van der Waals surface area contributed by atoms with Crippen LogP contribution in [0, 0.1) is 0 Å². The van der Waals surface area contributed by atoms with Gasteiger partial charge >= 0.3 is 6.18 Å². The predicted octanol–water partition coefficient (Wildman–Crippen LogP) is 3.33. The van der Waals surface area contributed by atoms with Crippen molar-refractivity contribution in [1.82, 2.24) is 14.6 Å². The Bertz CT molecular complexity index is 1570. The predicted molar refractivity (Wildman–Crippen MR) is 122 cm³/mol. The summed E-state index contributed by atoms with van der Waals surface area (Å²) in [5, 5.41) is 11.3. The fourth-order valence-electron chi connectivity index (χ4n) is 3.39. The van der Waals surface area contributed by atoms with Crippen LogP contribution in [-0.4, -0.2) is 43.1 Å². The first-order chi connectivity index (χ1) is 16.9. The molecule has 0 aliphatic heterocycles. The van der Waals surface area contributed by atoms with Gasteiger partial charge in [0, 0.05) is 11.3 Å². The lowest BCUT2D eigenvalue weighted by Crippen LogP contribution is -2.16. The van der Waals surface area contributed by atoms with Crippen LogP contribution in [-0.2, 0) is 16.2 Å². The number of nitrogens with zero attached hydrogens (tertiary/aromatic N) is 3. The lowest BCUT2D eigenvalue weighted by molar-refractivity contribution is -0.142. The van der Waals surface area contributed by atoms with Crippen molar-refractivity contribution in [1.29, 1.82) is 0 Å². The first-order valence-electron chi connectivity index (χ1n) is 10.0. The summed E-state index contributed by atoms with van der Waals surface area (Å²) in [4.78, 5) is 17.0. The minimum Gasteiger partial charge on any atom is -0.493 e. The van der Waals surface area contributed by atoms with Gasteiger partial charge in [0.05, 0.1) is 31.0 Å². The fraction of sp³-hybridized carbons (Fsp3) is 0.136. The first kappa shape index (κ1) is 24.9. The van der Waals surface area contributed by atoms with E-state index in [0.717, 1.165) is 12.3 Å². The number of halogens is 3. The van der Waals surface area contributed by atoms with Crippen LogP contribution in [0.4, 0.5) is 18.9 Å². The zero-order valence-corrected chi connectivity index (χ0v) is 19.5. The highest BCUT2D eigenvalue weighted by Gasteiger charge is 2.36. The van der Waals surface area contributed by atoms with E-state index in [1.165, 1.54) is 56.7 Å². The summed E-state index contributed by atoms with van der Waals surface area (Å²) in [6.07, 6.45) is -3.85. The van der Waals surface area contributed by atoms with Crippen LogP contribution in [0.3, 0.4) is 0 Å². The van der Waals surface area contributed by atoms with Crippen LogP contribution in [0.2, 0.25) is 0 Å². The molecule has 0 saturated heterocycles. The lowest BCUT2D eigenvalue weighted by Gasteiger charge is -2.13. The van der Waals surface area contributed by atoms with Gasteiger partial charge in [0.15, 0.2) is 22.8 Å². The summed E-state index contributed by atoms with van der Waals surface area (Å²) in [5.41, 5.74) is -1.34. The van der Waals surface area contributed by atoms with Crippen LogP contribution in [0.15, 0.2) is 59.6 Å². The summed E-state index contributed by atoms with van der Waals surface area (Å²) in [7, 11) is -1.14. The minimum absolute atomic E-state index is 0.0807. The molecule has 2 aromatic heterocycles. The number of carbonyl (C=O) groups is 1. The number of carbonyl (C=O) groups excluding carboxylic acids is 1. The molecule has 0 fully saturated rings. The Balaban J connectivity index is 1.79. The SMILES string of the molecule is COc1ccc(-c2cc(C(F)(F)F)n3ncc(C(=O)Nc4ccc(S(N)(=O)=O)cc4)c3n2)cc1OC. The lowest BCUT2D eigenvalue weighted by atomic mass is 10.1. The van der Waals surface area contributed by atoms with E-state index in [1.807, 2.05) is 0 Å². The van der Waals surface area contributed by atoms with Crippen molar-refractivity contribution in [2.45, 2.75) is 11.1 Å². The second-order valence-electron chi connectivity index (χ2n) is 7.41. The van der Waals surface area contributed by atoms with Gasteiger partial charge in [-0.2, -0.15) is 18.3 Å². The molecule has 4 aromatic rings. The van der Waals surface area contributed by atoms with E-state index in [0.29, 0.717) is 10.3 Å². The third-order valence-electron chi connectivity index (χ3n) is 5.13. The van der Waals surface area contributed by atoms with Gasteiger partial charge in [-0.05, 0) is 48.5 Å². The zero-order valence-electron chi connectivity index (χ0n) is 18.7. The summed E-state index contributed by atoms with van der Waals surface area (Å²) in [6.45, 7) is 0. The highest BCUT2D eigenvalue weighted by Crippen LogP contribution is 2.36. The summed E-state index contributed by atoms with van der Waals surface area (Å²) in [6, 6.07) is 10.2. The van der Waals surface area contributed by atoms with Gasteiger partial charge < -0.3 is 14.8 Å². The molecule has 0 aliphatic carbocycles. The monoisotopic (exact) mass is 521 g/mol. The minimum atomic E-state index is -4.81. The van der Waals surface area contributed by atoms with E-state index < -0.39 is 27.8 Å². The number of ether oxygens (including phenoxy) is 2. The van der Waals surface area contributed by atoms with Crippen molar-refractivity contribution < 1.29 is 35.9 Å². The number of alkyl halides is 3. The van der Waals surface area contributed by atoms with Crippen molar-refractivity contribution in [3.8, 4) is 22.8 Å². The molecule has 0 radical (unpaired) electrons. The number of fused-ring (bicyclic) bond motifs is 1. The normalized spacial score (nSPS) is 11.9. The number of hydrogen-bond donors (Lipinski definition) is 2. The average Bonchev–Trinajstić information content (AvgIpc) is 3.26. The van der Waals surface area contributed by atoms with Crippen molar-refractivity contribution in [3.63, 3.8) is 0 Å². The molecule has 10 nitrogen and oxygen atoms in total. The quantitative estimate of drug-likeness (QED) is 0.397. The number of nitrogens with two attached hydrogens (primary N) is 1. The summed E-state index contributed by atoms with van der Waals surface area (Å²) >= 11 is 0. The molecule has 3 N–H and O–H groups in total. The number of benzene rings is 2. The molecule has 36 heavy (non-hydrogen) atoms. The molecule has 2 aromatic carbocycles. The molecule has 0 aliphatic rings. The first-order valence-corrected chi connectivity index (χ1v) is 11.6. The molecule has 0 unspecified atom stereocenters. The number of anilines is 1. The highest BCUT2D eigenvalue weighted by molar-refractivity contribution is 7.89. The molecule has 188 valence electrons. The number of primary sulfonamides is 1. The summed E-state index contributed by atoms with van der Waals surface area (Å²) < 4.78 is 75.3. The van der Waals surface area contributed by atoms with Gasteiger partial charge in [0.25, 0.3) is 5.91 Å². The number of hydrogen-bond acceptors (Lipinski definition) is 7. The van der Waals surface area contributed by atoms with Gasteiger partial charge in [-0.3, -0.25) is 4.79 Å². The van der Waals surface area contributed by atoms with Gasteiger partial charge in [0.1, 0.15) is 5.56 Å². The van der Waals surface area contributed by atoms with Crippen LogP contribution >= 0.6 is 0 Å². The Morgan fingerprint density at radius 1 is 1.03 bits per heavy atom. The topological polar surface area (TPSA) is 138 Å². The third-order valence-corrected chi connectivity index (χ3v) is 6.06. The number of nitrogens with one attached hydrogen (secondary N) is 1. The van der Waals surface area contributed by atoms with E-state index in [2.05, 4.69) is 15.4 Å². The standard InChI is InChI=1S/C22H18F3N5O5S/c1-34-17-8-3-12(9-18(17)35-2)16-10-19(22(23,24)25)30-20(29-16)15(11-27-30)21(31)28-13-4-6-14(7-5-13)36(26,32)33/h3-11H,1-2H3,(H,28,31)(H2,26,32,33).